The van der Waals surface area contributed by atoms with Gasteiger partial charge in [-0.2, -0.15) is 10.2 Å². The van der Waals surface area contributed by atoms with Crippen LogP contribution in [0.25, 0.3) is 0 Å². The van der Waals surface area contributed by atoms with Crippen LogP contribution in [-0.2, 0) is 6.67 Å². The zero-order valence-corrected chi connectivity index (χ0v) is 30.3. The second-order valence-corrected chi connectivity index (χ2v) is 12.9. The Hall–Kier alpha value is -4.50. The molecule has 272 valence electrons. The van der Waals surface area contributed by atoms with Crippen LogP contribution in [0.15, 0.2) is 70.5 Å². The van der Waals surface area contributed by atoms with E-state index in [0.717, 1.165) is 48.6 Å². The summed E-state index contributed by atoms with van der Waals surface area (Å²) in [7, 11) is 3.24. The Bertz CT molecular complexity index is 1760. The van der Waals surface area contributed by atoms with E-state index in [0.29, 0.717) is 73.8 Å². The van der Waals surface area contributed by atoms with Crippen molar-refractivity contribution in [3.05, 3.63) is 91.7 Å². The second kappa shape index (κ2) is 17.1. The summed E-state index contributed by atoms with van der Waals surface area (Å²) in [4.78, 5) is 35.2. The monoisotopic (exact) mass is 740 g/mol. The van der Waals surface area contributed by atoms with Crippen molar-refractivity contribution >= 4 is 34.6 Å². The molecule has 2 fully saturated rings. The van der Waals surface area contributed by atoms with Gasteiger partial charge in [-0.3, -0.25) is 19.4 Å². The van der Waals surface area contributed by atoms with Gasteiger partial charge in [0.25, 0.3) is 11.1 Å². The minimum atomic E-state index is -0.512. The van der Waals surface area contributed by atoms with Crippen LogP contribution in [0.2, 0.25) is 10.0 Å². The first-order chi connectivity index (χ1) is 24.9. The standard InChI is InChI=1S/C35H42Cl2N8O6/c1-48-28-7-3-5-9-30(28)50-21-19-40-11-15-42(16-12-40)26-23-38-44(34(46)32(26)36)25-45-35(47)33(37)27(24-39-45)43-17-13-41(14-18-43)20-22-51-31-10-6-4-8-29(31)49-2/h3-10,23-24H,11-22,25H2,1-2H3. The first-order valence-electron chi connectivity index (χ1n) is 16.8. The molecule has 2 aliphatic rings. The largest absolute Gasteiger partial charge is 0.493 e. The molecule has 0 bridgehead atoms. The quantitative estimate of drug-likeness (QED) is 0.189. The molecule has 0 aliphatic carbocycles. The molecule has 0 unspecified atom stereocenters. The number of nitrogens with zero attached hydrogens (tertiary/aromatic N) is 8. The van der Waals surface area contributed by atoms with E-state index in [1.54, 1.807) is 26.6 Å². The van der Waals surface area contributed by atoms with Crippen LogP contribution in [0, 0.1) is 0 Å². The fraction of sp³-hybridized carbons (Fsp3) is 0.429. The van der Waals surface area contributed by atoms with E-state index in [9.17, 15) is 9.59 Å². The molecule has 2 saturated heterocycles. The fourth-order valence-corrected chi connectivity index (χ4v) is 6.68. The van der Waals surface area contributed by atoms with Gasteiger partial charge in [-0.1, -0.05) is 47.5 Å². The van der Waals surface area contributed by atoms with Crippen LogP contribution in [0.5, 0.6) is 23.0 Å². The van der Waals surface area contributed by atoms with Gasteiger partial charge < -0.3 is 28.7 Å². The number of rotatable bonds is 14. The molecular weight excluding hydrogens is 699 g/mol. The number of methoxy groups -OCH3 is 2. The molecule has 4 aromatic rings. The van der Waals surface area contributed by atoms with Crippen molar-refractivity contribution in [1.29, 1.82) is 0 Å². The first-order valence-corrected chi connectivity index (χ1v) is 17.6. The van der Waals surface area contributed by atoms with E-state index in [-0.39, 0.29) is 16.7 Å². The maximum atomic E-state index is 13.3. The van der Waals surface area contributed by atoms with Crippen LogP contribution in [-0.4, -0.2) is 122 Å². The van der Waals surface area contributed by atoms with Gasteiger partial charge in [-0.25, -0.2) is 9.36 Å². The molecule has 0 spiro atoms. The van der Waals surface area contributed by atoms with Gasteiger partial charge in [0.15, 0.2) is 23.0 Å². The molecule has 4 heterocycles. The SMILES string of the molecule is COc1ccccc1OCCN1CCN(c2cnn(Cn3ncc(N4CCN(CCOc5ccccc5OC)CC4)c(Cl)c3=O)c(=O)c2Cl)CC1. The smallest absolute Gasteiger partial charge is 0.289 e. The number of aromatic nitrogens is 4. The van der Waals surface area contributed by atoms with Gasteiger partial charge >= 0.3 is 0 Å². The summed E-state index contributed by atoms with van der Waals surface area (Å²) < 4.78 is 24.8. The summed E-state index contributed by atoms with van der Waals surface area (Å²) in [6, 6.07) is 15.1. The summed E-state index contributed by atoms with van der Waals surface area (Å²) in [5, 5.41) is 8.74. The Balaban J connectivity index is 0.992. The van der Waals surface area contributed by atoms with Gasteiger partial charge in [0.1, 0.15) is 29.9 Å². The highest BCUT2D eigenvalue weighted by Gasteiger charge is 2.24. The summed E-state index contributed by atoms with van der Waals surface area (Å²) in [5.41, 5.74) is 0.0899. The van der Waals surface area contributed by atoms with Gasteiger partial charge in [0, 0.05) is 65.4 Å². The number of hydrogen-bond acceptors (Lipinski definition) is 12. The molecule has 2 aromatic carbocycles. The Morgan fingerprint density at radius 3 is 1.33 bits per heavy atom. The number of benzene rings is 2. The van der Waals surface area contributed by atoms with E-state index < -0.39 is 11.1 Å². The molecule has 2 aromatic heterocycles. The summed E-state index contributed by atoms with van der Waals surface area (Å²) in [6.07, 6.45) is 3.12. The highest BCUT2D eigenvalue weighted by Crippen LogP contribution is 2.28. The van der Waals surface area contributed by atoms with Crippen LogP contribution >= 0.6 is 23.2 Å². The average Bonchev–Trinajstić information content (AvgIpc) is 3.16. The Morgan fingerprint density at radius 2 is 0.961 bits per heavy atom. The van der Waals surface area contributed by atoms with Gasteiger partial charge in [0.2, 0.25) is 0 Å². The first kappa shape index (κ1) is 36.3. The third-order valence-electron chi connectivity index (χ3n) is 9.10. The number of halogens is 2. The maximum absolute atomic E-state index is 13.3. The van der Waals surface area contributed by atoms with Crippen molar-refractivity contribution in [1.82, 2.24) is 29.4 Å². The van der Waals surface area contributed by atoms with Crippen molar-refractivity contribution < 1.29 is 18.9 Å². The Morgan fingerprint density at radius 1 is 0.588 bits per heavy atom. The second-order valence-electron chi connectivity index (χ2n) is 12.1. The summed E-state index contributed by atoms with van der Waals surface area (Å²) >= 11 is 13.2. The third-order valence-corrected chi connectivity index (χ3v) is 9.81. The summed E-state index contributed by atoms with van der Waals surface area (Å²) in [5.74, 6) is 2.83. The van der Waals surface area contributed by atoms with Gasteiger partial charge in [-0.05, 0) is 24.3 Å². The number of anilines is 2. The normalized spacial score (nSPS) is 15.5. The molecule has 0 amide bonds. The Kier molecular flexibility index (Phi) is 12.2. The lowest BCUT2D eigenvalue weighted by Gasteiger charge is -2.36. The predicted molar refractivity (Wildman–Crippen MR) is 197 cm³/mol. The fourth-order valence-electron chi connectivity index (χ4n) is 6.15. The van der Waals surface area contributed by atoms with E-state index in [2.05, 4.69) is 20.0 Å². The highest BCUT2D eigenvalue weighted by molar-refractivity contribution is 6.33. The van der Waals surface area contributed by atoms with Crippen LogP contribution in [0.1, 0.15) is 0 Å². The predicted octanol–water partition coefficient (Wildman–Crippen LogP) is 3.03. The number of para-hydroxylation sites is 4. The molecule has 0 saturated carbocycles. The topological polar surface area (TPSA) is 120 Å². The van der Waals surface area contributed by atoms with Crippen molar-refractivity contribution in [2.24, 2.45) is 0 Å². The molecule has 16 heteroatoms. The molecule has 0 N–H and O–H groups in total. The van der Waals surface area contributed by atoms with Crippen molar-refractivity contribution in [3.63, 3.8) is 0 Å². The molecular formula is C35H42Cl2N8O6. The van der Waals surface area contributed by atoms with Crippen LogP contribution < -0.4 is 39.9 Å². The van der Waals surface area contributed by atoms with Crippen molar-refractivity contribution in [3.8, 4) is 23.0 Å². The number of piperazine rings is 2. The zero-order valence-electron chi connectivity index (χ0n) is 28.7. The van der Waals surface area contributed by atoms with Crippen LogP contribution in [0.4, 0.5) is 11.4 Å². The van der Waals surface area contributed by atoms with E-state index in [4.69, 9.17) is 42.1 Å². The van der Waals surface area contributed by atoms with Crippen LogP contribution in [0.3, 0.4) is 0 Å². The third kappa shape index (κ3) is 8.70. The lowest BCUT2D eigenvalue weighted by molar-refractivity contribution is 0.197. The Labute approximate surface area is 306 Å². The van der Waals surface area contributed by atoms with Crippen molar-refractivity contribution in [2.75, 3.05) is 103 Å². The van der Waals surface area contributed by atoms with Gasteiger partial charge in [-0.15, -0.1) is 0 Å². The molecule has 0 atom stereocenters. The molecule has 51 heavy (non-hydrogen) atoms. The number of hydrogen-bond donors (Lipinski definition) is 0. The van der Waals surface area contributed by atoms with Gasteiger partial charge in [0.05, 0.1) is 38.0 Å². The zero-order chi connectivity index (χ0) is 35.7. The highest BCUT2D eigenvalue weighted by atomic mass is 35.5. The minimum absolute atomic E-state index is 0.0416. The molecule has 6 rings (SSSR count). The maximum Gasteiger partial charge on any atom is 0.289 e. The molecule has 0 radical (unpaired) electrons. The van der Waals surface area contributed by atoms with E-state index in [1.807, 2.05) is 58.3 Å². The van der Waals surface area contributed by atoms with Crippen molar-refractivity contribution in [2.45, 2.75) is 6.67 Å². The van der Waals surface area contributed by atoms with E-state index >= 15 is 0 Å². The minimum Gasteiger partial charge on any atom is -0.493 e. The molecule has 14 nitrogen and oxygen atoms in total. The summed E-state index contributed by atoms with van der Waals surface area (Å²) in [6.45, 7) is 8.08. The molecule has 2 aliphatic heterocycles. The number of ether oxygens (including phenoxy) is 4. The average molecular weight is 742 g/mol. The lowest BCUT2D eigenvalue weighted by Crippen LogP contribution is -2.48. The van der Waals surface area contributed by atoms with E-state index in [1.165, 1.54) is 0 Å². The lowest BCUT2D eigenvalue weighted by atomic mass is 10.3.